The van der Waals surface area contributed by atoms with E-state index in [2.05, 4.69) is 5.32 Å². The highest BCUT2D eigenvalue weighted by molar-refractivity contribution is 5.78. The maximum atomic E-state index is 11.5. The van der Waals surface area contributed by atoms with E-state index in [-0.39, 0.29) is 11.9 Å². The zero-order valence-electron chi connectivity index (χ0n) is 10.5. The van der Waals surface area contributed by atoms with Crippen molar-refractivity contribution in [3.8, 4) is 0 Å². The number of rotatable bonds is 6. The molecule has 0 bridgehead atoms. The minimum atomic E-state index is -0.756. The van der Waals surface area contributed by atoms with Crippen LogP contribution in [0.5, 0.6) is 0 Å². The molecule has 4 heteroatoms. The van der Waals surface area contributed by atoms with Gasteiger partial charge in [0.2, 0.25) is 5.91 Å². The van der Waals surface area contributed by atoms with Crippen LogP contribution in [0, 0.1) is 0 Å². The largest absolute Gasteiger partial charge is 0.389 e. The van der Waals surface area contributed by atoms with Gasteiger partial charge in [-0.15, -0.1) is 0 Å². The van der Waals surface area contributed by atoms with Crippen molar-refractivity contribution in [2.45, 2.75) is 46.3 Å². The molecule has 0 fully saturated rings. The van der Waals surface area contributed by atoms with E-state index in [4.69, 9.17) is 0 Å². The van der Waals surface area contributed by atoms with Gasteiger partial charge in [0, 0.05) is 12.6 Å². The predicted molar refractivity (Wildman–Crippen MR) is 61.7 cm³/mol. The molecule has 0 radical (unpaired) electrons. The molecule has 0 aromatic carbocycles. The van der Waals surface area contributed by atoms with E-state index in [0.29, 0.717) is 13.1 Å². The molecule has 0 aliphatic carbocycles. The van der Waals surface area contributed by atoms with Crippen LogP contribution in [-0.4, -0.2) is 47.2 Å². The maximum absolute atomic E-state index is 11.5. The summed E-state index contributed by atoms with van der Waals surface area (Å²) in [5.41, 5.74) is -0.756. The fraction of sp³-hybridized carbons (Fsp3) is 0.909. The van der Waals surface area contributed by atoms with Crippen LogP contribution in [0.1, 0.15) is 34.6 Å². The highest BCUT2D eigenvalue weighted by Crippen LogP contribution is 2.04. The van der Waals surface area contributed by atoms with E-state index < -0.39 is 5.60 Å². The number of amides is 1. The van der Waals surface area contributed by atoms with Gasteiger partial charge >= 0.3 is 0 Å². The second-order valence-electron chi connectivity index (χ2n) is 4.84. The molecule has 0 aliphatic heterocycles. The summed E-state index contributed by atoms with van der Waals surface area (Å²) in [5, 5.41) is 12.5. The van der Waals surface area contributed by atoms with Crippen molar-refractivity contribution in [2.75, 3.05) is 19.6 Å². The van der Waals surface area contributed by atoms with Crippen LogP contribution < -0.4 is 5.32 Å². The minimum Gasteiger partial charge on any atom is -0.389 e. The fourth-order valence-electron chi connectivity index (χ4n) is 1.40. The summed E-state index contributed by atoms with van der Waals surface area (Å²) in [6.07, 6.45) is 0. The molecule has 0 atom stereocenters. The molecule has 2 N–H and O–H groups in total. The van der Waals surface area contributed by atoms with Crippen molar-refractivity contribution in [1.82, 2.24) is 10.2 Å². The summed E-state index contributed by atoms with van der Waals surface area (Å²) in [6.45, 7) is 11.0. The molecule has 0 rings (SSSR count). The van der Waals surface area contributed by atoms with Gasteiger partial charge < -0.3 is 10.4 Å². The Kier molecular flexibility index (Phi) is 5.83. The molecule has 4 nitrogen and oxygen atoms in total. The summed E-state index contributed by atoms with van der Waals surface area (Å²) in [4.78, 5) is 13.4. The Bertz CT molecular complexity index is 197. The average molecular weight is 216 g/mol. The molecule has 0 saturated carbocycles. The zero-order valence-corrected chi connectivity index (χ0v) is 10.5. The van der Waals surface area contributed by atoms with Crippen molar-refractivity contribution >= 4 is 5.91 Å². The number of carbonyl (C=O) groups is 1. The standard InChI is InChI=1S/C11H24N2O2/c1-6-13(8-11(4,5)15)7-10(14)12-9(2)3/h9,15H,6-8H2,1-5H3,(H,12,14). The van der Waals surface area contributed by atoms with Gasteiger partial charge in [-0.1, -0.05) is 6.92 Å². The summed E-state index contributed by atoms with van der Waals surface area (Å²) < 4.78 is 0. The van der Waals surface area contributed by atoms with Gasteiger partial charge in [-0.25, -0.2) is 0 Å². The quantitative estimate of drug-likeness (QED) is 0.684. The molecule has 0 aliphatic rings. The van der Waals surface area contributed by atoms with Crippen molar-refractivity contribution in [3.63, 3.8) is 0 Å². The number of carbonyl (C=O) groups excluding carboxylic acids is 1. The number of likely N-dealkylation sites (N-methyl/N-ethyl adjacent to an activating group) is 1. The second kappa shape index (κ2) is 6.08. The van der Waals surface area contributed by atoms with Gasteiger partial charge in [-0.2, -0.15) is 0 Å². The third-order valence-electron chi connectivity index (χ3n) is 1.87. The fourth-order valence-corrected chi connectivity index (χ4v) is 1.40. The van der Waals surface area contributed by atoms with E-state index in [1.165, 1.54) is 0 Å². The molecule has 0 heterocycles. The van der Waals surface area contributed by atoms with Crippen LogP contribution in [0.4, 0.5) is 0 Å². The predicted octanol–water partition coefficient (Wildman–Crippen LogP) is 0.604. The normalized spacial score (nSPS) is 12.3. The van der Waals surface area contributed by atoms with Crippen LogP contribution >= 0.6 is 0 Å². The number of nitrogens with zero attached hydrogens (tertiary/aromatic N) is 1. The molecule has 0 spiro atoms. The first-order valence-corrected chi connectivity index (χ1v) is 5.48. The first-order chi connectivity index (χ1) is 6.74. The molecule has 15 heavy (non-hydrogen) atoms. The molecule has 0 unspecified atom stereocenters. The van der Waals surface area contributed by atoms with E-state index in [1.807, 2.05) is 25.7 Å². The number of hydrogen-bond donors (Lipinski definition) is 2. The highest BCUT2D eigenvalue weighted by Gasteiger charge is 2.19. The Hall–Kier alpha value is -0.610. The summed E-state index contributed by atoms with van der Waals surface area (Å²) >= 11 is 0. The second-order valence-corrected chi connectivity index (χ2v) is 4.84. The van der Waals surface area contributed by atoms with Crippen molar-refractivity contribution < 1.29 is 9.90 Å². The van der Waals surface area contributed by atoms with Crippen LogP contribution in [-0.2, 0) is 4.79 Å². The third kappa shape index (κ3) is 8.39. The average Bonchev–Trinajstić information content (AvgIpc) is 1.98. The topological polar surface area (TPSA) is 52.6 Å². The summed E-state index contributed by atoms with van der Waals surface area (Å²) in [5.74, 6) is 0.0103. The molecule has 0 saturated heterocycles. The zero-order chi connectivity index (χ0) is 12.1. The van der Waals surface area contributed by atoms with Crippen LogP contribution in [0.15, 0.2) is 0 Å². The molecule has 0 aromatic rings. The Balaban J connectivity index is 4.04. The lowest BCUT2D eigenvalue weighted by atomic mass is 10.1. The van der Waals surface area contributed by atoms with Crippen LogP contribution in [0.2, 0.25) is 0 Å². The molecule has 90 valence electrons. The summed E-state index contributed by atoms with van der Waals surface area (Å²) in [7, 11) is 0. The van der Waals surface area contributed by atoms with E-state index in [1.54, 1.807) is 13.8 Å². The Labute approximate surface area is 92.7 Å². The monoisotopic (exact) mass is 216 g/mol. The lowest BCUT2D eigenvalue weighted by Crippen LogP contribution is -2.45. The highest BCUT2D eigenvalue weighted by atomic mass is 16.3. The van der Waals surface area contributed by atoms with Gasteiger partial charge in [-0.3, -0.25) is 9.69 Å². The molecular formula is C11H24N2O2. The SMILES string of the molecule is CCN(CC(=O)NC(C)C)CC(C)(C)O. The third-order valence-corrected chi connectivity index (χ3v) is 1.87. The van der Waals surface area contributed by atoms with Crippen molar-refractivity contribution in [1.29, 1.82) is 0 Å². The Morgan fingerprint density at radius 2 is 2.00 bits per heavy atom. The van der Waals surface area contributed by atoms with E-state index in [0.717, 1.165) is 6.54 Å². The van der Waals surface area contributed by atoms with Gasteiger partial charge in [0.1, 0.15) is 0 Å². The van der Waals surface area contributed by atoms with Crippen molar-refractivity contribution in [2.24, 2.45) is 0 Å². The van der Waals surface area contributed by atoms with Crippen LogP contribution in [0.25, 0.3) is 0 Å². The lowest BCUT2D eigenvalue weighted by Gasteiger charge is -2.27. The van der Waals surface area contributed by atoms with Gasteiger partial charge in [0.15, 0.2) is 0 Å². The smallest absolute Gasteiger partial charge is 0.234 e. The number of hydrogen-bond acceptors (Lipinski definition) is 3. The van der Waals surface area contributed by atoms with Crippen LogP contribution in [0.3, 0.4) is 0 Å². The number of nitrogens with one attached hydrogen (secondary N) is 1. The molecular weight excluding hydrogens is 192 g/mol. The first kappa shape index (κ1) is 14.4. The Morgan fingerprint density at radius 3 is 2.33 bits per heavy atom. The number of aliphatic hydroxyl groups is 1. The minimum absolute atomic E-state index is 0.0103. The van der Waals surface area contributed by atoms with E-state index in [9.17, 15) is 9.90 Å². The Morgan fingerprint density at radius 1 is 1.47 bits per heavy atom. The van der Waals surface area contributed by atoms with Gasteiger partial charge in [-0.05, 0) is 34.2 Å². The first-order valence-electron chi connectivity index (χ1n) is 5.48. The van der Waals surface area contributed by atoms with Crippen molar-refractivity contribution in [3.05, 3.63) is 0 Å². The maximum Gasteiger partial charge on any atom is 0.234 e. The van der Waals surface area contributed by atoms with E-state index >= 15 is 0 Å². The summed E-state index contributed by atoms with van der Waals surface area (Å²) in [6, 6.07) is 0.165. The lowest BCUT2D eigenvalue weighted by molar-refractivity contribution is -0.123. The molecule has 0 aromatic heterocycles. The molecule has 1 amide bonds. The van der Waals surface area contributed by atoms with Gasteiger partial charge in [0.25, 0.3) is 0 Å². The van der Waals surface area contributed by atoms with Gasteiger partial charge in [0.05, 0.1) is 12.1 Å².